The molecule has 1 fully saturated rings. The van der Waals surface area contributed by atoms with Crippen molar-refractivity contribution in [2.75, 3.05) is 30.0 Å². The van der Waals surface area contributed by atoms with Crippen LogP contribution in [0.25, 0.3) is 10.8 Å². The zero-order valence-corrected chi connectivity index (χ0v) is 31.2. The first-order valence-electron chi connectivity index (χ1n) is 19.0. The van der Waals surface area contributed by atoms with Gasteiger partial charge in [0.05, 0.1) is 30.2 Å². The third-order valence-electron chi connectivity index (χ3n) is 10.3. The van der Waals surface area contributed by atoms with Gasteiger partial charge in [0.2, 0.25) is 11.8 Å². The minimum absolute atomic E-state index is 0.0136. The van der Waals surface area contributed by atoms with E-state index >= 15 is 0 Å². The summed E-state index contributed by atoms with van der Waals surface area (Å²) in [6.07, 6.45) is 3.69. The fraction of sp³-hybridized carbons (Fsp3) is 0.333. The number of para-hydroxylation sites is 2. The number of nitrogen functional groups attached to an aromatic ring is 1. The molecule has 2 amide bonds. The number of nitrogens with two attached hydrogens (primary N) is 1. The molecular formula is C45H52N4O5. The van der Waals surface area contributed by atoms with Crippen molar-refractivity contribution in [2.24, 2.45) is 0 Å². The van der Waals surface area contributed by atoms with Crippen molar-refractivity contribution < 1.29 is 24.2 Å². The van der Waals surface area contributed by atoms with Crippen LogP contribution in [-0.2, 0) is 25.7 Å². The maximum atomic E-state index is 12.9. The molecule has 0 bridgehead atoms. The lowest BCUT2D eigenvalue weighted by Crippen LogP contribution is -2.38. The number of benzene rings is 5. The number of hydrogen-bond donors (Lipinski definition) is 4. The standard InChI is InChI=1S/C45H52N4O5/c1-31(35-25-24-33-12-7-8-13-36(33)26-35)49(2)29-39-28-42(34-22-20-32(30-50)21-23-34)54-45(53-39)37-14-11-15-38(27-37)47-43(51)18-5-3-4-6-19-44(52)48-41-17-10-9-16-40(41)46/h7-17,20-27,31,39,42,45,50H,3-6,18-19,28-30,46H2,1-2H3,(H,47,51)(H,48,52)/t31-,39-,42+,45+/m1/s1. The highest BCUT2D eigenvalue weighted by Gasteiger charge is 2.33. The van der Waals surface area contributed by atoms with Crippen LogP contribution in [0.5, 0.6) is 0 Å². The topological polar surface area (TPSA) is 126 Å². The maximum Gasteiger partial charge on any atom is 0.224 e. The van der Waals surface area contributed by atoms with Crippen molar-refractivity contribution in [3.05, 3.63) is 138 Å². The second kappa shape index (κ2) is 18.8. The first-order chi connectivity index (χ1) is 26.2. The molecule has 6 rings (SSSR count). The van der Waals surface area contributed by atoms with Gasteiger partial charge >= 0.3 is 0 Å². The number of nitrogens with zero attached hydrogens (tertiary/aromatic N) is 1. The maximum absolute atomic E-state index is 12.9. The van der Waals surface area contributed by atoms with E-state index in [2.05, 4.69) is 72.0 Å². The van der Waals surface area contributed by atoms with Gasteiger partial charge in [0.15, 0.2) is 6.29 Å². The zero-order chi connectivity index (χ0) is 37.9. The summed E-state index contributed by atoms with van der Waals surface area (Å²) in [6, 6.07) is 38.0. The fourth-order valence-corrected chi connectivity index (χ4v) is 6.97. The highest BCUT2D eigenvalue weighted by atomic mass is 16.7. The van der Waals surface area contributed by atoms with Gasteiger partial charge in [-0.15, -0.1) is 0 Å². The van der Waals surface area contributed by atoms with Crippen LogP contribution >= 0.6 is 0 Å². The predicted octanol–water partition coefficient (Wildman–Crippen LogP) is 9.07. The first kappa shape index (κ1) is 38.7. The molecule has 9 heteroatoms. The van der Waals surface area contributed by atoms with E-state index in [0.29, 0.717) is 42.9 Å². The average molecular weight is 729 g/mol. The highest BCUT2D eigenvalue weighted by molar-refractivity contribution is 5.93. The highest BCUT2D eigenvalue weighted by Crippen LogP contribution is 2.39. The van der Waals surface area contributed by atoms with E-state index in [9.17, 15) is 14.7 Å². The number of unbranched alkanes of at least 4 members (excludes halogenated alkanes) is 3. The van der Waals surface area contributed by atoms with Gasteiger partial charge in [-0.25, -0.2) is 0 Å². The van der Waals surface area contributed by atoms with Crippen LogP contribution in [-0.4, -0.2) is 41.5 Å². The van der Waals surface area contributed by atoms with Gasteiger partial charge in [-0.1, -0.05) is 97.8 Å². The van der Waals surface area contributed by atoms with Gasteiger partial charge in [0.1, 0.15) is 0 Å². The molecule has 1 aliphatic heterocycles. The van der Waals surface area contributed by atoms with Gasteiger partial charge in [-0.05, 0) is 84.6 Å². The molecule has 5 aromatic rings. The van der Waals surface area contributed by atoms with Crippen LogP contribution in [0.1, 0.15) is 92.6 Å². The molecule has 1 heterocycles. The normalized spacial score (nSPS) is 17.7. The number of rotatable bonds is 16. The molecule has 54 heavy (non-hydrogen) atoms. The second-order valence-electron chi connectivity index (χ2n) is 14.3. The largest absolute Gasteiger partial charge is 0.397 e. The lowest BCUT2D eigenvalue weighted by atomic mass is 9.98. The van der Waals surface area contributed by atoms with E-state index in [0.717, 1.165) is 42.4 Å². The van der Waals surface area contributed by atoms with Crippen LogP contribution in [0.3, 0.4) is 0 Å². The number of aliphatic hydroxyl groups excluding tert-OH is 1. The number of fused-ring (bicyclic) bond motifs is 1. The smallest absolute Gasteiger partial charge is 0.224 e. The Kier molecular flexibility index (Phi) is 13.5. The van der Waals surface area contributed by atoms with Crippen molar-refractivity contribution in [3.8, 4) is 0 Å². The minimum Gasteiger partial charge on any atom is -0.397 e. The van der Waals surface area contributed by atoms with Crippen molar-refractivity contribution in [1.82, 2.24) is 4.90 Å². The number of anilines is 3. The Morgan fingerprint density at radius 3 is 2.22 bits per heavy atom. The minimum atomic E-state index is -0.636. The second-order valence-corrected chi connectivity index (χ2v) is 14.3. The van der Waals surface area contributed by atoms with Crippen LogP contribution in [0.2, 0.25) is 0 Å². The Morgan fingerprint density at radius 2 is 1.48 bits per heavy atom. The van der Waals surface area contributed by atoms with E-state index in [4.69, 9.17) is 15.2 Å². The first-order valence-corrected chi connectivity index (χ1v) is 19.0. The van der Waals surface area contributed by atoms with Crippen LogP contribution in [0, 0.1) is 0 Å². The number of aliphatic hydroxyl groups is 1. The Labute approximate surface area is 318 Å². The van der Waals surface area contributed by atoms with Gasteiger partial charge in [-0.2, -0.15) is 0 Å². The van der Waals surface area contributed by atoms with Gasteiger partial charge < -0.3 is 30.9 Å². The summed E-state index contributed by atoms with van der Waals surface area (Å²) in [7, 11) is 2.13. The third-order valence-corrected chi connectivity index (χ3v) is 10.3. The zero-order valence-electron chi connectivity index (χ0n) is 31.2. The quantitative estimate of drug-likeness (QED) is 0.0590. The third kappa shape index (κ3) is 10.5. The molecule has 0 radical (unpaired) electrons. The molecule has 5 aromatic carbocycles. The lowest BCUT2D eigenvalue weighted by Gasteiger charge is -2.39. The number of carbonyl (C=O) groups is 2. The molecule has 0 spiro atoms. The van der Waals surface area contributed by atoms with Crippen LogP contribution in [0.15, 0.2) is 115 Å². The molecule has 0 aromatic heterocycles. The van der Waals surface area contributed by atoms with Crippen LogP contribution in [0.4, 0.5) is 17.1 Å². The number of hydrogen-bond acceptors (Lipinski definition) is 7. The molecular weight excluding hydrogens is 677 g/mol. The van der Waals surface area contributed by atoms with E-state index < -0.39 is 6.29 Å². The molecule has 1 aliphatic rings. The monoisotopic (exact) mass is 728 g/mol. The van der Waals surface area contributed by atoms with Gasteiger partial charge in [0, 0.05) is 43.1 Å². The molecule has 4 atom stereocenters. The SMILES string of the molecule is C[C@H](c1ccc2ccccc2c1)N(C)C[C@H]1C[C@@H](c2ccc(CO)cc2)O[C@@H](c2cccc(NC(=O)CCCCCCC(=O)Nc3ccccc3N)c2)O1. The van der Waals surface area contributed by atoms with Crippen molar-refractivity contribution in [2.45, 2.75) is 83.0 Å². The molecule has 0 saturated carbocycles. The van der Waals surface area contributed by atoms with Crippen molar-refractivity contribution in [1.29, 1.82) is 0 Å². The van der Waals surface area contributed by atoms with E-state index in [1.165, 1.54) is 16.3 Å². The fourth-order valence-electron chi connectivity index (χ4n) is 6.97. The van der Waals surface area contributed by atoms with Crippen LogP contribution < -0.4 is 16.4 Å². The van der Waals surface area contributed by atoms with Crippen molar-refractivity contribution in [3.63, 3.8) is 0 Å². The number of likely N-dealkylation sites (N-methyl/N-ethyl adjacent to an activating group) is 1. The van der Waals surface area contributed by atoms with E-state index in [-0.39, 0.29) is 36.7 Å². The average Bonchev–Trinajstić information content (AvgIpc) is 3.19. The number of ether oxygens (including phenoxy) is 2. The molecule has 282 valence electrons. The summed E-state index contributed by atoms with van der Waals surface area (Å²) >= 11 is 0. The van der Waals surface area contributed by atoms with E-state index in [1.807, 2.05) is 60.7 Å². The molecule has 0 aliphatic carbocycles. The summed E-state index contributed by atoms with van der Waals surface area (Å²) in [5, 5.41) is 18.0. The Hall–Kier alpha value is -5.06. The molecule has 1 saturated heterocycles. The van der Waals surface area contributed by atoms with E-state index in [1.54, 1.807) is 12.1 Å². The van der Waals surface area contributed by atoms with Gasteiger partial charge in [0.25, 0.3) is 0 Å². The summed E-state index contributed by atoms with van der Waals surface area (Å²) < 4.78 is 13.3. The summed E-state index contributed by atoms with van der Waals surface area (Å²) in [6.45, 7) is 2.91. The van der Waals surface area contributed by atoms with Gasteiger partial charge in [-0.3, -0.25) is 14.5 Å². The Bertz CT molecular complexity index is 2000. The summed E-state index contributed by atoms with van der Waals surface area (Å²) in [4.78, 5) is 27.5. The number of carbonyl (C=O) groups excluding carboxylic acids is 2. The predicted molar refractivity (Wildman–Crippen MR) is 216 cm³/mol. The Balaban J connectivity index is 1.04. The van der Waals surface area contributed by atoms with Crippen molar-refractivity contribution >= 4 is 39.6 Å². The molecule has 9 nitrogen and oxygen atoms in total. The number of nitrogens with one attached hydrogen (secondary N) is 2. The molecule has 0 unspecified atom stereocenters. The Morgan fingerprint density at radius 1 is 0.778 bits per heavy atom. The summed E-state index contributed by atoms with van der Waals surface area (Å²) in [5.74, 6) is -0.116. The molecule has 5 N–H and O–H groups in total. The lowest BCUT2D eigenvalue weighted by molar-refractivity contribution is -0.253. The summed E-state index contributed by atoms with van der Waals surface area (Å²) in [5.41, 5.74) is 11.7. The number of amides is 2.